The highest BCUT2D eigenvalue weighted by molar-refractivity contribution is 5.73. The van der Waals surface area contributed by atoms with Crippen molar-refractivity contribution in [2.45, 2.75) is 56.4 Å². The van der Waals surface area contributed by atoms with Crippen LogP contribution < -0.4 is 0 Å². The van der Waals surface area contributed by atoms with E-state index in [0.29, 0.717) is 5.92 Å². The van der Waals surface area contributed by atoms with Crippen LogP contribution >= 0.6 is 0 Å². The summed E-state index contributed by atoms with van der Waals surface area (Å²) in [6.45, 7) is 2.37. The molecule has 1 saturated carbocycles. The number of halogens is 6. The lowest BCUT2D eigenvalue weighted by Gasteiger charge is -2.41. The number of aromatic nitrogens is 4. The molecule has 0 aromatic carbocycles. The van der Waals surface area contributed by atoms with Crippen LogP contribution in [-0.2, 0) is 9.59 Å². The maximum absolute atomic E-state index is 10.6. The molecule has 2 N–H and O–H groups in total. The quantitative estimate of drug-likeness (QED) is 0.438. The second kappa shape index (κ2) is 12.4. The maximum Gasteiger partial charge on any atom is 0.490 e. The molecule has 15 heteroatoms. The van der Waals surface area contributed by atoms with E-state index in [0.717, 1.165) is 35.2 Å². The third-order valence-electron chi connectivity index (χ3n) is 6.24. The van der Waals surface area contributed by atoms with Crippen LogP contribution in [-0.4, -0.2) is 78.1 Å². The lowest BCUT2D eigenvalue weighted by Crippen LogP contribution is -2.45. The van der Waals surface area contributed by atoms with Gasteiger partial charge in [-0.3, -0.25) is 9.88 Å². The third kappa shape index (κ3) is 8.37. The van der Waals surface area contributed by atoms with Crippen LogP contribution in [0.3, 0.4) is 0 Å². The van der Waals surface area contributed by atoms with Crippen molar-refractivity contribution in [1.82, 2.24) is 24.5 Å². The normalized spacial score (nSPS) is 18.3. The van der Waals surface area contributed by atoms with Crippen LogP contribution in [0.2, 0.25) is 0 Å². The van der Waals surface area contributed by atoms with E-state index >= 15 is 0 Å². The molecular formula is C24H25F6N5O4. The molecule has 1 aliphatic heterocycles. The SMILES string of the molecule is O=C(O)C(F)(F)F.O=C(O)C(F)(F)F.c1cncc(-c2ccc3nc(C4CCCN(C5CCC5)C4)nn3c2)c1. The van der Waals surface area contributed by atoms with Crippen LogP contribution in [0.25, 0.3) is 16.8 Å². The van der Waals surface area contributed by atoms with Crippen molar-refractivity contribution in [3.05, 3.63) is 48.7 Å². The Morgan fingerprint density at radius 3 is 2.05 bits per heavy atom. The Kier molecular flexibility index (Phi) is 9.48. The molecule has 2 aliphatic rings. The number of carboxylic acids is 2. The fraction of sp³-hybridized carbons (Fsp3) is 0.458. The van der Waals surface area contributed by atoms with Gasteiger partial charge in [0.15, 0.2) is 11.5 Å². The second-order valence-corrected chi connectivity index (χ2v) is 8.96. The van der Waals surface area contributed by atoms with E-state index in [1.807, 2.05) is 16.8 Å². The zero-order valence-corrected chi connectivity index (χ0v) is 20.4. The minimum atomic E-state index is -5.08. The number of nitrogens with zero attached hydrogens (tertiary/aromatic N) is 5. The van der Waals surface area contributed by atoms with Gasteiger partial charge >= 0.3 is 24.3 Å². The molecule has 0 radical (unpaired) electrons. The predicted molar refractivity (Wildman–Crippen MR) is 125 cm³/mol. The van der Waals surface area contributed by atoms with Crippen LogP contribution in [0.1, 0.15) is 43.8 Å². The van der Waals surface area contributed by atoms with E-state index in [9.17, 15) is 26.3 Å². The van der Waals surface area contributed by atoms with Crippen LogP contribution in [0.5, 0.6) is 0 Å². The molecule has 5 rings (SSSR count). The number of hydrogen-bond donors (Lipinski definition) is 2. The van der Waals surface area contributed by atoms with Gasteiger partial charge in [0.1, 0.15) is 0 Å². The molecule has 1 aliphatic carbocycles. The number of carbonyl (C=O) groups is 2. The van der Waals surface area contributed by atoms with Crippen LogP contribution in [0.4, 0.5) is 26.3 Å². The van der Waals surface area contributed by atoms with E-state index in [2.05, 4.69) is 34.3 Å². The van der Waals surface area contributed by atoms with Crippen LogP contribution in [0.15, 0.2) is 42.9 Å². The van der Waals surface area contributed by atoms with Gasteiger partial charge < -0.3 is 10.2 Å². The minimum Gasteiger partial charge on any atom is -0.475 e. The summed E-state index contributed by atoms with van der Waals surface area (Å²) >= 11 is 0. The smallest absolute Gasteiger partial charge is 0.475 e. The topological polar surface area (TPSA) is 121 Å². The average Bonchev–Trinajstić information content (AvgIpc) is 3.27. The number of likely N-dealkylation sites (tertiary alicyclic amines) is 1. The number of alkyl halides is 6. The number of aliphatic carboxylic acids is 2. The summed E-state index contributed by atoms with van der Waals surface area (Å²) in [5.41, 5.74) is 3.16. The van der Waals surface area contributed by atoms with Gasteiger partial charge in [-0.1, -0.05) is 12.5 Å². The molecule has 4 heterocycles. The van der Waals surface area contributed by atoms with Crippen molar-refractivity contribution in [2.75, 3.05) is 13.1 Å². The lowest BCUT2D eigenvalue weighted by molar-refractivity contribution is -0.193. The van der Waals surface area contributed by atoms with Crippen molar-refractivity contribution in [3.63, 3.8) is 0 Å². The fourth-order valence-corrected chi connectivity index (χ4v) is 4.08. The number of piperidine rings is 1. The Bertz CT molecular complexity index is 1240. The van der Waals surface area contributed by atoms with Gasteiger partial charge in [-0.15, -0.1) is 0 Å². The number of rotatable bonds is 3. The molecule has 0 bridgehead atoms. The summed E-state index contributed by atoms with van der Waals surface area (Å²) in [6.07, 6.45) is 2.20. The Balaban J connectivity index is 0.000000251. The molecule has 0 spiro atoms. The molecule has 3 aromatic heterocycles. The molecule has 1 saturated heterocycles. The Hall–Kier alpha value is -3.75. The fourth-order valence-electron chi connectivity index (χ4n) is 4.08. The van der Waals surface area contributed by atoms with E-state index in [1.54, 1.807) is 6.20 Å². The summed E-state index contributed by atoms with van der Waals surface area (Å²) in [4.78, 5) is 29.5. The Morgan fingerprint density at radius 1 is 0.897 bits per heavy atom. The number of fused-ring (bicyclic) bond motifs is 1. The van der Waals surface area contributed by atoms with Crippen molar-refractivity contribution < 1.29 is 46.1 Å². The van der Waals surface area contributed by atoms with Gasteiger partial charge in [-0.25, -0.2) is 19.1 Å². The second-order valence-electron chi connectivity index (χ2n) is 8.96. The number of carboxylic acid groups (broad SMARTS) is 2. The summed E-state index contributed by atoms with van der Waals surface area (Å²) in [5, 5.41) is 19.1. The monoisotopic (exact) mass is 561 g/mol. The minimum absolute atomic E-state index is 0.469. The van der Waals surface area contributed by atoms with E-state index < -0.39 is 24.3 Å². The Labute approximate surface area is 218 Å². The van der Waals surface area contributed by atoms with Gasteiger partial charge in [0, 0.05) is 48.2 Å². The highest BCUT2D eigenvalue weighted by Gasteiger charge is 2.39. The van der Waals surface area contributed by atoms with E-state index in [-0.39, 0.29) is 0 Å². The molecule has 212 valence electrons. The van der Waals surface area contributed by atoms with Gasteiger partial charge in [0.2, 0.25) is 0 Å². The van der Waals surface area contributed by atoms with Crippen molar-refractivity contribution >= 4 is 17.6 Å². The zero-order valence-electron chi connectivity index (χ0n) is 20.4. The van der Waals surface area contributed by atoms with E-state index in [4.69, 9.17) is 29.9 Å². The molecule has 1 unspecified atom stereocenters. The first-order valence-corrected chi connectivity index (χ1v) is 11.9. The first kappa shape index (κ1) is 29.8. The van der Waals surface area contributed by atoms with Gasteiger partial charge in [0.05, 0.1) is 0 Å². The average molecular weight is 561 g/mol. The summed E-state index contributed by atoms with van der Waals surface area (Å²) in [5.74, 6) is -4.04. The zero-order chi connectivity index (χ0) is 28.8. The standard InChI is InChI=1S/C20H23N5.2C2HF3O2/c1-6-18(7-1)24-11-3-5-17(13-24)20-22-19-9-8-16(14-25(19)23-20)15-4-2-10-21-12-15;2*3-2(4,5)1(6)7/h2,4,8-10,12,14,17-18H,1,3,5-7,11,13H2;2*(H,6,7). The van der Waals surface area contributed by atoms with E-state index in [1.165, 1.54) is 38.6 Å². The molecule has 2 fully saturated rings. The first-order chi connectivity index (χ1) is 18.3. The summed E-state index contributed by atoms with van der Waals surface area (Å²) in [7, 11) is 0. The summed E-state index contributed by atoms with van der Waals surface area (Å²) < 4.78 is 65.4. The third-order valence-corrected chi connectivity index (χ3v) is 6.24. The molecule has 1 atom stereocenters. The molecular weight excluding hydrogens is 536 g/mol. The largest absolute Gasteiger partial charge is 0.490 e. The summed E-state index contributed by atoms with van der Waals surface area (Å²) in [6, 6.07) is 9.02. The maximum atomic E-state index is 10.6. The Morgan fingerprint density at radius 2 is 1.54 bits per heavy atom. The number of hydrogen-bond acceptors (Lipinski definition) is 6. The molecule has 39 heavy (non-hydrogen) atoms. The van der Waals surface area contributed by atoms with Crippen molar-refractivity contribution in [1.29, 1.82) is 0 Å². The number of pyridine rings is 2. The lowest BCUT2D eigenvalue weighted by atomic mass is 9.87. The van der Waals surface area contributed by atoms with Crippen LogP contribution in [0, 0.1) is 0 Å². The van der Waals surface area contributed by atoms with Crippen molar-refractivity contribution in [3.8, 4) is 11.1 Å². The molecule has 3 aromatic rings. The highest BCUT2D eigenvalue weighted by Crippen LogP contribution is 2.32. The van der Waals surface area contributed by atoms with Gasteiger partial charge in [0.25, 0.3) is 0 Å². The predicted octanol–water partition coefficient (Wildman–Crippen LogP) is 4.79. The van der Waals surface area contributed by atoms with Gasteiger partial charge in [-0.05, 0) is 50.4 Å². The molecule has 9 nitrogen and oxygen atoms in total. The highest BCUT2D eigenvalue weighted by atomic mass is 19.4. The van der Waals surface area contributed by atoms with Gasteiger partial charge in [-0.2, -0.15) is 31.4 Å². The molecule has 0 amide bonds. The van der Waals surface area contributed by atoms with Crippen molar-refractivity contribution in [2.24, 2.45) is 0 Å². The first-order valence-electron chi connectivity index (χ1n) is 11.9.